The maximum Gasteiger partial charge on any atom is 0.269 e. The van der Waals surface area contributed by atoms with Crippen LogP contribution in [0, 0.1) is 16.0 Å². The normalized spacial score (nSPS) is 23.4. The molecule has 4 rings (SSSR count). The lowest BCUT2D eigenvalue weighted by Crippen LogP contribution is -2.31. The maximum atomic E-state index is 11.8. The number of non-ortho nitro benzene ring substituents is 1. The number of nitrogens with zero attached hydrogens (tertiary/aromatic N) is 1. The van der Waals surface area contributed by atoms with Gasteiger partial charge >= 0.3 is 0 Å². The summed E-state index contributed by atoms with van der Waals surface area (Å²) in [5, 5.41) is 14.6. The van der Waals surface area contributed by atoms with E-state index in [9.17, 15) is 14.9 Å². The van der Waals surface area contributed by atoms with Gasteiger partial charge in [-0.25, -0.2) is 0 Å². The van der Waals surface area contributed by atoms with Gasteiger partial charge in [0.1, 0.15) is 0 Å². The fourth-order valence-corrected chi connectivity index (χ4v) is 3.99. The molecule has 0 saturated heterocycles. The number of primary amides is 1. The van der Waals surface area contributed by atoms with Gasteiger partial charge in [0.15, 0.2) is 0 Å². The molecule has 6 nitrogen and oxygen atoms in total. The topological polar surface area (TPSA) is 98.3 Å². The molecule has 2 aromatic rings. The molecule has 3 atom stereocenters. The first kappa shape index (κ1) is 15.4. The van der Waals surface area contributed by atoms with Crippen LogP contribution in [0.2, 0.25) is 0 Å². The number of para-hydroxylation sites is 1. The van der Waals surface area contributed by atoms with E-state index >= 15 is 0 Å². The van der Waals surface area contributed by atoms with Crippen LogP contribution in [0.15, 0.2) is 54.6 Å². The van der Waals surface area contributed by atoms with Gasteiger partial charge < -0.3 is 11.1 Å². The summed E-state index contributed by atoms with van der Waals surface area (Å²) in [5.41, 5.74) is 8.69. The minimum absolute atomic E-state index is 0.0655. The first-order valence-electron chi connectivity index (χ1n) is 8.16. The minimum atomic E-state index is -0.484. The SMILES string of the molecule is NC(=O)c1cccc2c1N[C@H](c1cccc([N+](=O)[O-])c1)[C@H]1CC=C[C@@H]21. The van der Waals surface area contributed by atoms with Crippen LogP contribution in [0.5, 0.6) is 0 Å². The Morgan fingerprint density at radius 3 is 2.80 bits per heavy atom. The molecule has 0 unspecified atom stereocenters. The Morgan fingerprint density at radius 2 is 2.04 bits per heavy atom. The molecule has 0 aromatic heterocycles. The second kappa shape index (κ2) is 5.73. The Hall–Kier alpha value is -3.15. The van der Waals surface area contributed by atoms with Gasteiger partial charge in [0.2, 0.25) is 0 Å². The molecule has 0 bridgehead atoms. The highest BCUT2D eigenvalue weighted by molar-refractivity contribution is 5.99. The van der Waals surface area contributed by atoms with Crippen molar-refractivity contribution in [3.05, 3.63) is 81.4 Å². The van der Waals surface area contributed by atoms with Crippen LogP contribution in [0.25, 0.3) is 0 Å². The van der Waals surface area contributed by atoms with Crippen molar-refractivity contribution in [1.82, 2.24) is 0 Å². The number of rotatable bonds is 3. The summed E-state index contributed by atoms with van der Waals surface area (Å²) >= 11 is 0. The molecule has 0 fully saturated rings. The van der Waals surface area contributed by atoms with Crippen molar-refractivity contribution in [2.24, 2.45) is 11.7 Å². The minimum Gasteiger partial charge on any atom is -0.377 e. The fraction of sp³-hybridized carbons (Fsp3) is 0.211. The van der Waals surface area contributed by atoms with Crippen molar-refractivity contribution in [3.8, 4) is 0 Å². The summed E-state index contributed by atoms with van der Waals surface area (Å²) in [6.45, 7) is 0. The summed E-state index contributed by atoms with van der Waals surface area (Å²) < 4.78 is 0. The quantitative estimate of drug-likeness (QED) is 0.509. The summed E-state index contributed by atoms with van der Waals surface area (Å²) in [6, 6.07) is 12.1. The largest absolute Gasteiger partial charge is 0.377 e. The number of hydrogen-bond donors (Lipinski definition) is 2. The zero-order valence-electron chi connectivity index (χ0n) is 13.4. The van der Waals surface area contributed by atoms with Crippen molar-refractivity contribution < 1.29 is 9.72 Å². The van der Waals surface area contributed by atoms with E-state index in [0.29, 0.717) is 5.56 Å². The van der Waals surface area contributed by atoms with E-state index in [2.05, 4.69) is 17.5 Å². The molecule has 1 aliphatic carbocycles. The lowest BCUT2D eigenvalue weighted by molar-refractivity contribution is -0.384. The molecule has 2 aromatic carbocycles. The molecule has 6 heteroatoms. The van der Waals surface area contributed by atoms with Crippen LogP contribution in [0.4, 0.5) is 11.4 Å². The van der Waals surface area contributed by atoms with Crippen LogP contribution in [0.1, 0.15) is 39.9 Å². The molecule has 126 valence electrons. The van der Waals surface area contributed by atoms with Gasteiger partial charge in [0.25, 0.3) is 11.6 Å². The molecule has 25 heavy (non-hydrogen) atoms. The lowest BCUT2D eigenvalue weighted by Gasteiger charge is -2.38. The molecule has 3 N–H and O–H groups in total. The van der Waals surface area contributed by atoms with E-state index < -0.39 is 5.91 Å². The zero-order valence-corrected chi connectivity index (χ0v) is 13.4. The van der Waals surface area contributed by atoms with Crippen LogP contribution >= 0.6 is 0 Å². The predicted octanol–water partition coefficient (Wildman–Crippen LogP) is 3.52. The monoisotopic (exact) mass is 335 g/mol. The Kier molecular flexibility index (Phi) is 3.53. The summed E-state index contributed by atoms with van der Waals surface area (Å²) in [5.74, 6) is -0.0694. The number of nitro groups is 1. The number of carbonyl (C=O) groups excluding carboxylic acids is 1. The highest BCUT2D eigenvalue weighted by Crippen LogP contribution is 2.50. The first-order chi connectivity index (χ1) is 12.1. The molecule has 1 amide bonds. The molecular formula is C19H17N3O3. The van der Waals surface area contributed by atoms with E-state index in [-0.39, 0.29) is 28.5 Å². The lowest BCUT2D eigenvalue weighted by atomic mass is 9.76. The predicted molar refractivity (Wildman–Crippen MR) is 94.4 cm³/mol. The van der Waals surface area contributed by atoms with Gasteiger partial charge in [-0.05, 0) is 29.5 Å². The van der Waals surface area contributed by atoms with Crippen molar-refractivity contribution in [2.45, 2.75) is 18.4 Å². The number of benzene rings is 2. The zero-order chi connectivity index (χ0) is 17.6. The van der Waals surface area contributed by atoms with Crippen molar-refractivity contribution in [1.29, 1.82) is 0 Å². The van der Waals surface area contributed by atoms with E-state index in [1.54, 1.807) is 18.2 Å². The Morgan fingerprint density at radius 1 is 1.24 bits per heavy atom. The highest BCUT2D eigenvalue weighted by Gasteiger charge is 2.39. The third-order valence-electron chi connectivity index (χ3n) is 5.10. The third-order valence-corrected chi connectivity index (χ3v) is 5.10. The highest BCUT2D eigenvalue weighted by atomic mass is 16.6. The number of nitro benzene ring substituents is 1. The number of amides is 1. The Bertz CT molecular complexity index is 907. The molecule has 1 aliphatic heterocycles. The molecule has 0 saturated carbocycles. The summed E-state index contributed by atoms with van der Waals surface area (Å²) in [6.07, 6.45) is 5.16. The van der Waals surface area contributed by atoms with Gasteiger partial charge in [-0.1, -0.05) is 36.4 Å². The maximum absolute atomic E-state index is 11.8. The Balaban J connectivity index is 1.83. The average Bonchev–Trinajstić information content (AvgIpc) is 3.10. The molecule has 0 spiro atoms. The molecule has 2 aliphatic rings. The second-order valence-electron chi connectivity index (χ2n) is 6.46. The van der Waals surface area contributed by atoms with Gasteiger partial charge in [0, 0.05) is 18.1 Å². The van der Waals surface area contributed by atoms with Crippen molar-refractivity contribution in [2.75, 3.05) is 5.32 Å². The number of allylic oxidation sites excluding steroid dienone is 2. The number of hydrogen-bond acceptors (Lipinski definition) is 4. The van der Waals surface area contributed by atoms with Gasteiger partial charge in [0.05, 0.1) is 22.2 Å². The van der Waals surface area contributed by atoms with Crippen molar-refractivity contribution in [3.63, 3.8) is 0 Å². The van der Waals surface area contributed by atoms with E-state index in [0.717, 1.165) is 23.2 Å². The van der Waals surface area contributed by atoms with Crippen LogP contribution < -0.4 is 11.1 Å². The fourth-order valence-electron chi connectivity index (χ4n) is 3.99. The van der Waals surface area contributed by atoms with Crippen LogP contribution in [-0.2, 0) is 0 Å². The summed E-state index contributed by atoms with van der Waals surface area (Å²) in [7, 11) is 0. The van der Waals surface area contributed by atoms with E-state index in [4.69, 9.17) is 5.73 Å². The van der Waals surface area contributed by atoms with Crippen molar-refractivity contribution >= 4 is 17.3 Å². The summed E-state index contributed by atoms with van der Waals surface area (Å²) in [4.78, 5) is 22.6. The smallest absolute Gasteiger partial charge is 0.269 e. The van der Waals surface area contributed by atoms with E-state index in [1.165, 1.54) is 6.07 Å². The average molecular weight is 335 g/mol. The molecule has 0 radical (unpaired) electrons. The number of fused-ring (bicyclic) bond motifs is 3. The van der Waals surface area contributed by atoms with E-state index in [1.807, 2.05) is 18.2 Å². The standard InChI is InChI=1S/C19H17N3O3/c20-19(23)16-9-3-8-15-13-6-2-7-14(13)17(21-18(15)16)11-4-1-5-12(10-11)22(24)25/h1-6,8-10,13-14,17,21H,7H2,(H2,20,23)/t13-,14+,17-/m1/s1. The number of nitrogens with one attached hydrogen (secondary N) is 1. The number of carbonyl (C=O) groups is 1. The van der Waals surface area contributed by atoms with Gasteiger partial charge in [-0.2, -0.15) is 0 Å². The Labute approximate surface area is 144 Å². The molecule has 1 heterocycles. The van der Waals surface area contributed by atoms with Crippen LogP contribution in [0.3, 0.4) is 0 Å². The third kappa shape index (κ3) is 2.46. The molecular weight excluding hydrogens is 318 g/mol. The van der Waals surface area contributed by atoms with Gasteiger partial charge in [-0.15, -0.1) is 0 Å². The number of anilines is 1. The van der Waals surface area contributed by atoms with Gasteiger partial charge in [-0.3, -0.25) is 14.9 Å². The van der Waals surface area contributed by atoms with Crippen LogP contribution in [-0.4, -0.2) is 10.8 Å². The first-order valence-corrected chi connectivity index (χ1v) is 8.16. The number of nitrogens with two attached hydrogens (primary N) is 1. The second-order valence-corrected chi connectivity index (χ2v) is 6.46.